The summed E-state index contributed by atoms with van der Waals surface area (Å²) in [5.74, 6) is 1.90. The summed E-state index contributed by atoms with van der Waals surface area (Å²) in [5, 5.41) is 15.1. The number of ether oxygens (including phenoxy) is 1. The minimum Gasteiger partial charge on any atom is -0.496 e. The second-order valence-electron chi connectivity index (χ2n) is 6.05. The molecule has 4 aromatic rings. The predicted molar refractivity (Wildman–Crippen MR) is 98.7 cm³/mol. The summed E-state index contributed by atoms with van der Waals surface area (Å²) in [7, 11) is 1.62. The molecule has 3 heterocycles. The summed E-state index contributed by atoms with van der Waals surface area (Å²) >= 11 is 6.39. The maximum atomic E-state index is 9.12. The standard InChI is InChI=1S/C18H17ClN4O3/c1-8-15(9(2)26-23-8)11-6-12-10(7-13(11)25-3)16-17(19)21-14(4-5-24)22-18(16)20-12/h6-7,24H,4-5H2,1-3H3,(H,20,21,22). The van der Waals surface area contributed by atoms with Gasteiger partial charge >= 0.3 is 0 Å². The normalized spacial score (nSPS) is 11.6. The Kier molecular flexibility index (Phi) is 4.05. The number of hydrogen-bond donors (Lipinski definition) is 2. The summed E-state index contributed by atoms with van der Waals surface area (Å²) in [6.07, 6.45) is 0.346. The number of H-pyrrole nitrogens is 1. The van der Waals surface area contributed by atoms with Gasteiger partial charge in [0.1, 0.15) is 28.1 Å². The Morgan fingerprint density at radius 1 is 1.27 bits per heavy atom. The number of aliphatic hydroxyl groups is 1. The summed E-state index contributed by atoms with van der Waals surface area (Å²) in [5.41, 5.74) is 4.05. The first-order chi connectivity index (χ1) is 12.5. The SMILES string of the molecule is COc1cc2c(cc1-c1c(C)noc1C)[nH]c1nc(CCO)nc(Cl)c12. The monoisotopic (exact) mass is 372 g/mol. The van der Waals surface area contributed by atoms with Crippen LogP contribution in [0.5, 0.6) is 5.75 Å². The topological polar surface area (TPSA) is 97.1 Å². The first-order valence-electron chi connectivity index (χ1n) is 8.13. The lowest BCUT2D eigenvalue weighted by Gasteiger charge is -2.09. The fraction of sp³-hybridized carbons (Fsp3) is 0.278. The average molecular weight is 373 g/mol. The van der Waals surface area contributed by atoms with Crippen LogP contribution in [0.1, 0.15) is 17.3 Å². The van der Waals surface area contributed by atoms with Crippen molar-refractivity contribution in [3.05, 3.63) is 34.6 Å². The Hall–Kier alpha value is -2.64. The number of nitrogens with one attached hydrogen (secondary N) is 1. The Labute approximate surface area is 154 Å². The van der Waals surface area contributed by atoms with E-state index in [4.69, 9.17) is 26.0 Å². The van der Waals surface area contributed by atoms with E-state index in [0.717, 1.165) is 38.9 Å². The molecule has 0 fully saturated rings. The van der Waals surface area contributed by atoms with Gasteiger partial charge in [-0.3, -0.25) is 0 Å². The number of nitrogens with zero attached hydrogens (tertiary/aromatic N) is 3. The molecule has 0 bridgehead atoms. The molecule has 134 valence electrons. The van der Waals surface area contributed by atoms with Crippen LogP contribution in [-0.2, 0) is 6.42 Å². The number of fused-ring (bicyclic) bond motifs is 3. The molecule has 0 aliphatic heterocycles. The van der Waals surface area contributed by atoms with E-state index in [1.54, 1.807) is 7.11 Å². The largest absolute Gasteiger partial charge is 0.496 e. The molecule has 1 aromatic carbocycles. The Morgan fingerprint density at radius 2 is 2.08 bits per heavy atom. The quantitative estimate of drug-likeness (QED) is 0.531. The van der Waals surface area contributed by atoms with Gasteiger partial charge in [0.05, 0.1) is 30.4 Å². The van der Waals surface area contributed by atoms with E-state index in [0.29, 0.717) is 28.8 Å². The van der Waals surface area contributed by atoms with Crippen LogP contribution in [0.3, 0.4) is 0 Å². The van der Waals surface area contributed by atoms with E-state index in [-0.39, 0.29) is 6.61 Å². The highest BCUT2D eigenvalue weighted by Gasteiger charge is 2.20. The van der Waals surface area contributed by atoms with Crippen LogP contribution in [-0.4, -0.2) is 38.9 Å². The van der Waals surface area contributed by atoms with Gasteiger partial charge in [-0.1, -0.05) is 16.8 Å². The number of benzene rings is 1. The molecule has 0 aliphatic rings. The molecule has 8 heteroatoms. The number of aryl methyl sites for hydroxylation is 2. The second-order valence-corrected chi connectivity index (χ2v) is 6.41. The lowest BCUT2D eigenvalue weighted by Crippen LogP contribution is -1.99. The van der Waals surface area contributed by atoms with Gasteiger partial charge in [0, 0.05) is 22.9 Å². The molecule has 0 amide bonds. The van der Waals surface area contributed by atoms with Gasteiger partial charge in [-0.25, -0.2) is 9.97 Å². The van der Waals surface area contributed by atoms with Crippen LogP contribution in [0, 0.1) is 13.8 Å². The van der Waals surface area contributed by atoms with Gasteiger partial charge in [-0.2, -0.15) is 0 Å². The molecule has 0 unspecified atom stereocenters. The molecule has 7 nitrogen and oxygen atoms in total. The van der Waals surface area contributed by atoms with Crippen molar-refractivity contribution in [2.45, 2.75) is 20.3 Å². The van der Waals surface area contributed by atoms with Crippen molar-refractivity contribution < 1.29 is 14.4 Å². The highest BCUT2D eigenvalue weighted by atomic mass is 35.5. The zero-order chi connectivity index (χ0) is 18.4. The second kappa shape index (κ2) is 6.26. The van der Waals surface area contributed by atoms with Gasteiger partial charge in [0.15, 0.2) is 0 Å². The van der Waals surface area contributed by atoms with Gasteiger partial charge in [-0.15, -0.1) is 0 Å². The van der Waals surface area contributed by atoms with Gasteiger partial charge in [-0.05, 0) is 26.0 Å². The van der Waals surface area contributed by atoms with E-state index in [2.05, 4.69) is 20.1 Å². The molecule has 0 radical (unpaired) electrons. The molecule has 0 atom stereocenters. The van der Waals surface area contributed by atoms with E-state index >= 15 is 0 Å². The number of hydrogen-bond acceptors (Lipinski definition) is 6. The molecule has 26 heavy (non-hydrogen) atoms. The molecule has 0 saturated heterocycles. The van der Waals surface area contributed by atoms with Crippen molar-refractivity contribution in [2.24, 2.45) is 0 Å². The molecule has 0 aliphatic carbocycles. The molecule has 2 N–H and O–H groups in total. The molecule has 4 rings (SSSR count). The fourth-order valence-corrected chi connectivity index (χ4v) is 3.56. The third-order valence-electron chi connectivity index (χ3n) is 4.41. The van der Waals surface area contributed by atoms with Crippen LogP contribution in [0.25, 0.3) is 33.1 Å². The van der Waals surface area contributed by atoms with Gasteiger partial charge in [0.25, 0.3) is 0 Å². The fourth-order valence-electron chi connectivity index (χ4n) is 3.27. The zero-order valence-corrected chi connectivity index (χ0v) is 15.3. The maximum absolute atomic E-state index is 9.12. The highest BCUT2D eigenvalue weighted by molar-refractivity contribution is 6.36. The number of aliphatic hydroxyl groups excluding tert-OH is 1. The summed E-state index contributed by atoms with van der Waals surface area (Å²) in [6.45, 7) is 3.73. The van der Waals surface area contributed by atoms with Crippen molar-refractivity contribution in [1.82, 2.24) is 20.1 Å². The first kappa shape index (κ1) is 16.8. The van der Waals surface area contributed by atoms with Crippen molar-refractivity contribution in [1.29, 1.82) is 0 Å². The Bertz CT molecular complexity index is 1110. The molecule has 0 spiro atoms. The zero-order valence-electron chi connectivity index (χ0n) is 14.6. The summed E-state index contributed by atoms with van der Waals surface area (Å²) in [6, 6.07) is 3.89. The number of aromatic amines is 1. The lowest BCUT2D eigenvalue weighted by molar-refractivity contribution is 0.297. The smallest absolute Gasteiger partial charge is 0.143 e. The van der Waals surface area contributed by atoms with Gasteiger partial charge < -0.3 is 19.4 Å². The number of methoxy groups -OCH3 is 1. The number of rotatable bonds is 4. The van der Waals surface area contributed by atoms with E-state index in [1.807, 2.05) is 26.0 Å². The lowest BCUT2D eigenvalue weighted by atomic mass is 10.0. The Morgan fingerprint density at radius 3 is 2.73 bits per heavy atom. The average Bonchev–Trinajstić information content (AvgIpc) is 3.13. The first-order valence-corrected chi connectivity index (χ1v) is 8.51. The third-order valence-corrected chi connectivity index (χ3v) is 4.68. The van der Waals surface area contributed by atoms with Crippen molar-refractivity contribution in [3.8, 4) is 16.9 Å². The van der Waals surface area contributed by atoms with E-state index < -0.39 is 0 Å². The minimum atomic E-state index is -0.0356. The van der Waals surface area contributed by atoms with Crippen LogP contribution in [0.15, 0.2) is 16.7 Å². The molecule has 3 aromatic heterocycles. The summed E-state index contributed by atoms with van der Waals surface area (Å²) < 4.78 is 10.9. The van der Waals surface area contributed by atoms with Crippen molar-refractivity contribution >= 4 is 33.5 Å². The van der Waals surface area contributed by atoms with Crippen LogP contribution < -0.4 is 4.74 Å². The van der Waals surface area contributed by atoms with Crippen molar-refractivity contribution in [2.75, 3.05) is 13.7 Å². The van der Waals surface area contributed by atoms with Crippen LogP contribution in [0.4, 0.5) is 0 Å². The summed E-state index contributed by atoms with van der Waals surface area (Å²) in [4.78, 5) is 12.0. The Balaban J connectivity index is 2.02. The van der Waals surface area contributed by atoms with Crippen LogP contribution >= 0.6 is 11.6 Å². The third kappa shape index (κ3) is 2.51. The molecular formula is C18H17ClN4O3. The number of aromatic nitrogens is 4. The van der Waals surface area contributed by atoms with Crippen molar-refractivity contribution in [3.63, 3.8) is 0 Å². The van der Waals surface area contributed by atoms with Crippen LogP contribution in [0.2, 0.25) is 5.15 Å². The maximum Gasteiger partial charge on any atom is 0.143 e. The highest BCUT2D eigenvalue weighted by Crippen LogP contribution is 2.40. The van der Waals surface area contributed by atoms with Gasteiger partial charge in [0.2, 0.25) is 0 Å². The van der Waals surface area contributed by atoms with E-state index in [9.17, 15) is 0 Å². The molecule has 0 saturated carbocycles. The molecular weight excluding hydrogens is 356 g/mol. The minimum absolute atomic E-state index is 0.0356. The number of halogens is 1. The van der Waals surface area contributed by atoms with E-state index in [1.165, 1.54) is 0 Å². The predicted octanol–water partition coefficient (Wildman–Crippen LogP) is 3.58.